The molecule has 0 spiro atoms. The lowest BCUT2D eigenvalue weighted by Crippen LogP contribution is -2.11. The van der Waals surface area contributed by atoms with Crippen molar-refractivity contribution in [3.8, 4) is 11.3 Å². The van der Waals surface area contributed by atoms with Crippen LogP contribution in [-0.4, -0.2) is 27.4 Å². The molecule has 2 aromatic carbocycles. The molecule has 0 bridgehead atoms. The highest BCUT2D eigenvalue weighted by atomic mass is 32.2. The summed E-state index contributed by atoms with van der Waals surface area (Å²) in [5.41, 5.74) is 0.287. The van der Waals surface area contributed by atoms with Gasteiger partial charge in [-0.2, -0.15) is 13.2 Å². The number of thioether (sulfide) groups is 1. The van der Waals surface area contributed by atoms with E-state index in [1.807, 2.05) is 6.07 Å². The molecule has 0 amide bonds. The number of nitrogens with zero attached hydrogens (tertiary/aromatic N) is 3. The number of carbonyl (C=O) groups excluding carboxylic acids is 1. The summed E-state index contributed by atoms with van der Waals surface area (Å²) in [5, 5.41) is 3.47. The lowest BCUT2D eigenvalue weighted by molar-refractivity contribution is -0.141. The van der Waals surface area contributed by atoms with Gasteiger partial charge < -0.3 is 4.84 Å². The topological polar surface area (TPSA) is 64.4 Å². The van der Waals surface area contributed by atoms with Gasteiger partial charge in [0, 0.05) is 5.56 Å². The van der Waals surface area contributed by atoms with Crippen LogP contribution in [0.25, 0.3) is 11.3 Å². The third kappa shape index (κ3) is 6.35. The monoisotopic (exact) mass is 449 g/mol. The second-order valence-electron chi connectivity index (χ2n) is 6.22. The minimum Gasteiger partial charge on any atom is -0.317 e. The number of hydrogen-bond acceptors (Lipinski definition) is 6. The van der Waals surface area contributed by atoms with Crippen molar-refractivity contribution in [1.29, 1.82) is 0 Å². The normalized spacial score (nSPS) is 12.0. The number of oxime groups is 1. The summed E-state index contributed by atoms with van der Waals surface area (Å²) in [4.78, 5) is 24.3. The molecule has 0 radical (unpaired) electrons. The van der Waals surface area contributed by atoms with Crippen molar-refractivity contribution >= 4 is 23.4 Å². The van der Waals surface area contributed by atoms with Crippen molar-refractivity contribution in [1.82, 2.24) is 9.97 Å². The molecule has 0 unspecified atom stereocenters. The van der Waals surface area contributed by atoms with Crippen LogP contribution in [0.15, 0.2) is 71.0 Å². The fourth-order valence-electron chi connectivity index (χ4n) is 2.40. The lowest BCUT2D eigenvalue weighted by Gasteiger charge is -2.10. The smallest absolute Gasteiger partial charge is 0.317 e. The Morgan fingerprint density at radius 1 is 1.06 bits per heavy atom. The Kier molecular flexibility index (Phi) is 7.01. The van der Waals surface area contributed by atoms with E-state index in [1.165, 1.54) is 12.1 Å². The van der Waals surface area contributed by atoms with E-state index in [1.54, 1.807) is 31.2 Å². The van der Waals surface area contributed by atoms with Crippen LogP contribution in [0, 0.1) is 5.82 Å². The first-order valence-corrected chi connectivity index (χ1v) is 9.86. The molecule has 0 saturated carbocycles. The third-order valence-electron chi connectivity index (χ3n) is 3.93. The molecular weight excluding hydrogens is 434 g/mol. The molecule has 3 aromatic rings. The average molecular weight is 449 g/mol. The van der Waals surface area contributed by atoms with Crippen LogP contribution in [0.3, 0.4) is 0 Å². The number of benzene rings is 2. The third-order valence-corrected chi connectivity index (χ3v) is 4.75. The van der Waals surface area contributed by atoms with Crippen molar-refractivity contribution < 1.29 is 27.2 Å². The molecule has 0 fully saturated rings. The van der Waals surface area contributed by atoms with Gasteiger partial charge >= 0.3 is 12.1 Å². The fraction of sp³-hybridized carbons (Fsp3) is 0.143. The molecule has 0 saturated heterocycles. The van der Waals surface area contributed by atoms with E-state index in [0.29, 0.717) is 17.5 Å². The van der Waals surface area contributed by atoms with Gasteiger partial charge in [0.2, 0.25) is 0 Å². The van der Waals surface area contributed by atoms with Crippen LogP contribution in [0.4, 0.5) is 17.6 Å². The Labute approximate surface area is 179 Å². The second-order valence-corrected chi connectivity index (χ2v) is 7.16. The van der Waals surface area contributed by atoms with Gasteiger partial charge in [-0.3, -0.25) is 0 Å². The molecular formula is C21H15F4N3O2S. The molecule has 5 nitrogen and oxygen atoms in total. The van der Waals surface area contributed by atoms with Crippen LogP contribution in [0.1, 0.15) is 18.2 Å². The molecule has 1 heterocycles. The number of alkyl halides is 3. The van der Waals surface area contributed by atoms with Crippen molar-refractivity contribution in [2.45, 2.75) is 18.3 Å². The Balaban J connectivity index is 1.73. The summed E-state index contributed by atoms with van der Waals surface area (Å²) >= 11 is 0.678. The first-order valence-electron chi connectivity index (χ1n) is 8.87. The van der Waals surface area contributed by atoms with Gasteiger partial charge in [-0.15, -0.1) is 0 Å². The number of halogens is 4. The largest absolute Gasteiger partial charge is 0.433 e. The van der Waals surface area contributed by atoms with Crippen molar-refractivity contribution in [2.24, 2.45) is 5.16 Å². The summed E-state index contributed by atoms with van der Waals surface area (Å²) in [6.45, 7) is 1.65. The summed E-state index contributed by atoms with van der Waals surface area (Å²) in [7, 11) is 0. The second kappa shape index (κ2) is 9.69. The Morgan fingerprint density at radius 3 is 2.39 bits per heavy atom. The van der Waals surface area contributed by atoms with E-state index in [0.717, 1.165) is 23.8 Å². The highest BCUT2D eigenvalue weighted by Crippen LogP contribution is 2.32. The highest BCUT2D eigenvalue weighted by molar-refractivity contribution is 7.99. The predicted octanol–water partition coefficient (Wildman–Crippen LogP) is 5.36. The molecule has 3 rings (SSSR count). The zero-order chi connectivity index (χ0) is 22.4. The van der Waals surface area contributed by atoms with Crippen LogP contribution >= 0.6 is 11.8 Å². The van der Waals surface area contributed by atoms with Crippen LogP contribution in [0.5, 0.6) is 0 Å². The molecule has 0 aliphatic heterocycles. The zero-order valence-electron chi connectivity index (χ0n) is 16.1. The molecule has 0 atom stereocenters. The van der Waals surface area contributed by atoms with Crippen molar-refractivity contribution in [3.05, 3.63) is 77.7 Å². The van der Waals surface area contributed by atoms with Gasteiger partial charge in [-0.05, 0) is 42.8 Å². The number of hydrogen-bond donors (Lipinski definition) is 0. The summed E-state index contributed by atoms with van der Waals surface area (Å²) < 4.78 is 52.8. The predicted molar refractivity (Wildman–Crippen MR) is 108 cm³/mol. The van der Waals surface area contributed by atoms with Gasteiger partial charge in [0.15, 0.2) is 5.16 Å². The van der Waals surface area contributed by atoms with Gasteiger partial charge in [-0.25, -0.2) is 19.2 Å². The fourth-order valence-corrected chi connectivity index (χ4v) is 3.03. The van der Waals surface area contributed by atoms with Gasteiger partial charge in [0.25, 0.3) is 0 Å². The van der Waals surface area contributed by atoms with Gasteiger partial charge in [0.05, 0.1) is 11.4 Å². The maximum atomic E-state index is 13.2. The Bertz CT molecular complexity index is 1090. The zero-order valence-corrected chi connectivity index (χ0v) is 16.9. The molecule has 0 aliphatic carbocycles. The standard InChI is InChI=1S/C21H15F4N3O2S/c1-13(14-5-3-2-4-6-14)28-30-19(29)12-31-20-26-17(11-18(27-20)21(23,24)25)15-7-9-16(22)10-8-15/h2-11H,12H2,1H3/b28-13-. The van der Waals surface area contributed by atoms with Crippen molar-refractivity contribution in [2.75, 3.05) is 5.75 Å². The molecule has 0 N–H and O–H groups in total. The Hall–Kier alpha value is -3.27. The van der Waals surface area contributed by atoms with Crippen molar-refractivity contribution in [3.63, 3.8) is 0 Å². The van der Waals surface area contributed by atoms with Gasteiger partial charge in [0.1, 0.15) is 17.3 Å². The summed E-state index contributed by atoms with van der Waals surface area (Å²) in [5.74, 6) is -1.65. The number of rotatable bonds is 6. The molecule has 1 aromatic heterocycles. The van der Waals surface area contributed by atoms with Crippen LogP contribution in [-0.2, 0) is 15.8 Å². The summed E-state index contributed by atoms with van der Waals surface area (Å²) in [6, 6.07) is 14.6. The van der Waals surface area contributed by atoms with Crippen LogP contribution < -0.4 is 0 Å². The summed E-state index contributed by atoms with van der Waals surface area (Å²) in [6.07, 6.45) is -4.72. The Morgan fingerprint density at radius 2 is 1.74 bits per heavy atom. The highest BCUT2D eigenvalue weighted by Gasteiger charge is 2.34. The maximum absolute atomic E-state index is 13.2. The van der Waals surface area contributed by atoms with Crippen LogP contribution in [0.2, 0.25) is 0 Å². The lowest BCUT2D eigenvalue weighted by atomic mass is 10.1. The van der Waals surface area contributed by atoms with E-state index >= 15 is 0 Å². The number of carbonyl (C=O) groups is 1. The van der Waals surface area contributed by atoms with E-state index in [4.69, 9.17) is 4.84 Å². The average Bonchev–Trinajstić information content (AvgIpc) is 2.76. The first-order chi connectivity index (χ1) is 14.7. The van der Waals surface area contributed by atoms with E-state index in [-0.39, 0.29) is 22.2 Å². The minimum absolute atomic E-state index is 0.0452. The molecule has 0 aliphatic rings. The first kappa shape index (κ1) is 22.4. The SMILES string of the molecule is C/C(=N/OC(=O)CSc1nc(-c2ccc(F)cc2)cc(C(F)(F)F)n1)c1ccccc1. The number of aromatic nitrogens is 2. The van der Waals surface area contributed by atoms with E-state index < -0.39 is 23.7 Å². The minimum atomic E-state index is -4.72. The molecule has 160 valence electrons. The van der Waals surface area contributed by atoms with E-state index in [2.05, 4.69) is 15.1 Å². The quantitative estimate of drug-likeness (QED) is 0.127. The van der Waals surface area contributed by atoms with Gasteiger partial charge in [-0.1, -0.05) is 47.2 Å². The maximum Gasteiger partial charge on any atom is 0.433 e. The van der Waals surface area contributed by atoms with E-state index in [9.17, 15) is 22.4 Å². The molecule has 31 heavy (non-hydrogen) atoms. The molecule has 10 heteroatoms.